The van der Waals surface area contributed by atoms with E-state index >= 15 is 0 Å². The van der Waals surface area contributed by atoms with Crippen LogP contribution in [0.4, 0.5) is 0 Å². The highest BCUT2D eigenvalue weighted by Gasteiger charge is 2.11. The Kier molecular flexibility index (Phi) is 5.55. The predicted molar refractivity (Wildman–Crippen MR) is 74.1 cm³/mol. The van der Waals surface area contributed by atoms with Gasteiger partial charge in [0.1, 0.15) is 0 Å². The van der Waals surface area contributed by atoms with E-state index in [0.717, 1.165) is 0 Å². The van der Waals surface area contributed by atoms with E-state index in [4.69, 9.17) is 5.11 Å². The molecule has 0 radical (unpaired) electrons. The SMILES string of the molecule is Cc1ccc(CCC(=O)N(C)CCC(=O)O)c(C)c1. The number of rotatable bonds is 6. The zero-order valence-corrected chi connectivity index (χ0v) is 11.8. The average Bonchev–Trinajstić information content (AvgIpc) is 2.34. The first-order valence-electron chi connectivity index (χ1n) is 6.42. The Morgan fingerprint density at radius 3 is 2.47 bits per heavy atom. The Morgan fingerprint density at radius 1 is 1.21 bits per heavy atom. The summed E-state index contributed by atoms with van der Waals surface area (Å²) < 4.78 is 0. The molecule has 0 saturated carbocycles. The molecule has 1 amide bonds. The molecule has 0 aromatic heterocycles. The molecule has 0 aliphatic heterocycles. The minimum absolute atomic E-state index is 0.00814. The molecule has 0 saturated heterocycles. The number of carbonyl (C=O) groups excluding carboxylic acids is 1. The Balaban J connectivity index is 2.47. The molecule has 0 aliphatic rings. The monoisotopic (exact) mass is 263 g/mol. The molecule has 4 heteroatoms. The molecule has 1 aromatic carbocycles. The third-order valence-corrected chi connectivity index (χ3v) is 3.19. The summed E-state index contributed by atoms with van der Waals surface area (Å²) in [6.45, 7) is 4.35. The van der Waals surface area contributed by atoms with Crippen molar-refractivity contribution in [1.82, 2.24) is 4.90 Å². The van der Waals surface area contributed by atoms with Gasteiger partial charge in [0, 0.05) is 20.0 Å². The number of carbonyl (C=O) groups is 2. The summed E-state index contributed by atoms with van der Waals surface area (Å²) in [5.74, 6) is -0.893. The highest BCUT2D eigenvalue weighted by atomic mass is 16.4. The van der Waals surface area contributed by atoms with Crippen LogP contribution in [0.5, 0.6) is 0 Å². The van der Waals surface area contributed by atoms with Gasteiger partial charge >= 0.3 is 5.97 Å². The van der Waals surface area contributed by atoms with Gasteiger partial charge in [0.25, 0.3) is 0 Å². The topological polar surface area (TPSA) is 57.6 Å². The van der Waals surface area contributed by atoms with Gasteiger partial charge in [0.05, 0.1) is 6.42 Å². The number of carboxylic acid groups (broad SMARTS) is 1. The molecule has 0 fully saturated rings. The lowest BCUT2D eigenvalue weighted by Crippen LogP contribution is -2.29. The summed E-state index contributed by atoms with van der Waals surface area (Å²) in [5, 5.41) is 8.58. The van der Waals surface area contributed by atoms with Crippen LogP contribution in [-0.2, 0) is 16.0 Å². The fraction of sp³-hybridized carbons (Fsp3) is 0.467. The zero-order valence-electron chi connectivity index (χ0n) is 11.8. The van der Waals surface area contributed by atoms with Gasteiger partial charge in [-0.25, -0.2) is 0 Å². The minimum atomic E-state index is -0.881. The predicted octanol–water partition coefficient (Wildman–Crippen LogP) is 2.17. The van der Waals surface area contributed by atoms with Crippen molar-refractivity contribution in [2.24, 2.45) is 0 Å². The number of nitrogens with zero attached hydrogens (tertiary/aromatic N) is 1. The quantitative estimate of drug-likeness (QED) is 0.855. The second kappa shape index (κ2) is 6.92. The number of benzene rings is 1. The summed E-state index contributed by atoms with van der Waals surface area (Å²) in [6, 6.07) is 6.20. The Bertz CT molecular complexity index is 468. The molecule has 1 rings (SSSR count). The van der Waals surface area contributed by atoms with Crippen LogP contribution in [0.2, 0.25) is 0 Å². The maximum atomic E-state index is 11.8. The fourth-order valence-electron chi connectivity index (χ4n) is 1.95. The minimum Gasteiger partial charge on any atom is -0.481 e. The van der Waals surface area contributed by atoms with Gasteiger partial charge in [-0.1, -0.05) is 23.8 Å². The lowest BCUT2D eigenvalue weighted by molar-refractivity contribution is -0.138. The molecule has 0 aliphatic carbocycles. The summed E-state index contributed by atoms with van der Waals surface area (Å²) in [7, 11) is 1.65. The van der Waals surface area contributed by atoms with Crippen molar-refractivity contribution in [3.63, 3.8) is 0 Å². The van der Waals surface area contributed by atoms with Crippen LogP contribution in [0, 0.1) is 13.8 Å². The normalized spacial score (nSPS) is 10.3. The number of aliphatic carboxylic acids is 1. The second-order valence-corrected chi connectivity index (χ2v) is 4.89. The van der Waals surface area contributed by atoms with Crippen LogP contribution in [0.15, 0.2) is 18.2 Å². The van der Waals surface area contributed by atoms with Crippen molar-refractivity contribution in [1.29, 1.82) is 0 Å². The molecule has 4 nitrogen and oxygen atoms in total. The van der Waals surface area contributed by atoms with Crippen LogP contribution in [0.3, 0.4) is 0 Å². The number of aryl methyl sites for hydroxylation is 3. The third kappa shape index (κ3) is 5.12. The van der Waals surface area contributed by atoms with Crippen molar-refractivity contribution in [2.45, 2.75) is 33.1 Å². The molecule has 0 atom stereocenters. The molecule has 0 heterocycles. The standard InChI is InChI=1S/C15H21NO3/c1-11-4-5-13(12(2)10-11)6-7-14(17)16(3)9-8-15(18)19/h4-5,10H,6-9H2,1-3H3,(H,18,19). The number of hydrogen-bond acceptors (Lipinski definition) is 2. The molecule has 104 valence electrons. The molecule has 19 heavy (non-hydrogen) atoms. The molecule has 0 bridgehead atoms. The molecule has 1 N–H and O–H groups in total. The van der Waals surface area contributed by atoms with E-state index in [2.05, 4.69) is 12.1 Å². The maximum absolute atomic E-state index is 11.8. The van der Waals surface area contributed by atoms with Crippen LogP contribution in [0.25, 0.3) is 0 Å². The summed E-state index contributed by atoms with van der Waals surface area (Å²) in [5.41, 5.74) is 3.58. The number of hydrogen-bond donors (Lipinski definition) is 1. The largest absolute Gasteiger partial charge is 0.481 e. The van der Waals surface area contributed by atoms with Crippen molar-refractivity contribution < 1.29 is 14.7 Å². The van der Waals surface area contributed by atoms with Gasteiger partial charge in [0.15, 0.2) is 0 Å². The molecular weight excluding hydrogens is 242 g/mol. The molecule has 0 spiro atoms. The summed E-state index contributed by atoms with van der Waals surface area (Å²) in [6.07, 6.45) is 1.11. The highest BCUT2D eigenvalue weighted by Crippen LogP contribution is 2.13. The third-order valence-electron chi connectivity index (χ3n) is 3.19. The van der Waals surface area contributed by atoms with Crippen LogP contribution in [0.1, 0.15) is 29.5 Å². The molecule has 1 aromatic rings. The van der Waals surface area contributed by atoms with E-state index < -0.39 is 5.97 Å². The Hall–Kier alpha value is -1.84. The van der Waals surface area contributed by atoms with E-state index in [-0.39, 0.29) is 18.9 Å². The lowest BCUT2D eigenvalue weighted by atomic mass is 10.0. The van der Waals surface area contributed by atoms with E-state index in [1.54, 1.807) is 7.05 Å². The van der Waals surface area contributed by atoms with Crippen molar-refractivity contribution >= 4 is 11.9 Å². The Morgan fingerprint density at radius 2 is 1.89 bits per heavy atom. The molecular formula is C15H21NO3. The maximum Gasteiger partial charge on any atom is 0.305 e. The number of carboxylic acids is 1. The lowest BCUT2D eigenvalue weighted by Gasteiger charge is -2.16. The van der Waals surface area contributed by atoms with Gasteiger partial charge in [-0.15, -0.1) is 0 Å². The van der Waals surface area contributed by atoms with E-state index in [0.29, 0.717) is 12.8 Å². The average molecular weight is 263 g/mol. The summed E-state index contributed by atoms with van der Waals surface area (Å²) in [4.78, 5) is 23.8. The first-order valence-corrected chi connectivity index (χ1v) is 6.42. The van der Waals surface area contributed by atoms with Crippen molar-refractivity contribution in [3.05, 3.63) is 34.9 Å². The van der Waals surface area contributed by atoms with Gasteiger partial charge in [0.2, 0.25) is 5.91 Å². The van der Waals surface area contributed by atoms with Crippen molar-refractivity contribution in [3.8, 4) is 0 Å². The van der Waals surface area contributed by atoms with E-state index in [1.165, 1.54) is 21.6 Å². The zero-order chi connectivity index (χ0) is 14.4. The first-order chi connectivity index (χ1) is 8.90. The van der Waals surface area contributed by atoms with Gasteiger partial charge in [-0.3, -0.25) is 9.59 Å². The fourth-order valence-corrected chi connectivity index (χ4v) is 1.95. The summed E-state index contributed by atoms with van der Waals surface area (Å²) >= 11 is 0. The van der Waals surface area contributed by atoms with Crippen LogP contribution in [-0.4, -0.2) is 35.5 Å². The van der Waals surface area contributed by atoms with Gasteiger partial charge in [-0.05, 0) is 31.4 Å². The molecule has 0 unspecified atom stereocenters. The van der Waals surface area contributed by atoms with Crippen LogP contribution < -0.4 is 0 Å². The van der Waals surface area contributed by atoms with Gasteiger partial charge in [-0.2, -0.15) is 0 Å². The Labute approximate surface area is 114 Å². The number of amides is 1. The van der Waals surface area contributed by atoms with Crippen LogP contribution >= 0.6 is 0 Å². The van der Waals surface area contributed by atoms with E-state index in [1.807, 2.05) is 19.9 Å². The smallest absolute Gasteiger partial charge is 0.305 e. The highest BCUT2D eigenvalue weighted by molar-refractivity contribution is 5.77. The van der Waals surface area contributed by atoms with Gasteiger partial charge < -0.3 is 10.0 Å². The first kappa shape index (κ1) is 15.2. The van der Waals surface area contributed by atoms with Crippen molar-refractivity contribution in [2.75, 3.05) is 13.6 Å². The van der Waals surface area contributed by atoms with E-state index in [9.17, 15) is 9.59 Å². The second-order valence-electron chi connectivity index (χ2n) is 4.89.